The van der Waals surface area contributed by atoms with Gasteiger partial charge < -0.3 is 168 Å². The van der Waals surface area contributed by atoms with Gasteiger partial charge in [0.1, 0.15) is 72.1 Å². The number of piperidine rings is 3. The molecule has 143 heavy (non-hydrogen) atoms. The molecule has 6 heterocycles. The van der Waals surface area contributed by atoms with E-state index in [2.05, 4.69) is 48.3 Å². The number of phosphoric ester groups is 3. The molecule has 48 nitrogen and oxygen atoms in total. The lowest BCUT2D eigenvalue weighted by molar-refractivity contribution is -0.282. The van der Waals surface area contributed by atoms with Gasteiger partial charge in [0.2, 0.25) is 33.8 Å². The summed E-state index contributed by atoms with van der Waals surface area (Å²) in [6, 6.07) is -2.21. The van der Waals surface area contributed by atoms with Gasteiger partial charge in [0.05, 0.1) is 110 Å². The molecule has 5 amide bonds. The van der Waals surface area contributed by atoms with Crippen LogP contribution in [0.1, 0.15) is 222 Å². The van der Waals surface area contributed by atoms with Gasteiger partial charge in [-0.15, -0.1) is 0 Å². The molecule has 6 aliphatic heterocycles. The summed E-state index contributed by atoms with van der Waals surface area (Å²) < 4.78 is 190. The standard InChI is InChI=1S/C66H120N5O36P3.C15H32O4.3C2H6.3CH4O.S2/c1-43-57(80)58(81)49(37-72)102-63(43)95-30-8-5-13-52(77)69-22-16-46(17-23-69)105-108(86,87)99-33-11-28-93-41-66(40-92-4,98-35-36-101-110(90,91)107-48-20-26-71(27-21-48)54(79)15-7-10-32-97-65-56(68-45(3)76)62(85)60(83)51(39-74)104-65)42-94-29-12-34-100-109(88,89)106-47-18-24-70(25-19-47)53(78)14-6-9-31-96-64-55(67-44(2)75)61(84)59(82)50(38-73)103-64;1-5-8-11-19-15(12-16-4,13-17-9-6-2)14-18-10-7-3;7*1-2/h43,46-51,55-65,72-74,80-85H,5-42H2,1-4H3,(H,67,75)(H,68,76)(H,86,87)(H,88,89)(H,90,91);5-14H2,1-4H3;3*1-2H3;3*2H,1H3;/i;1D,2D,3D;;;;3*2T;. The Balaban J connectivity index is -0.00000465. The number of hydrogen-bond acceptors (Lipinski definition) is 42. The largest absolute Gasteiger partial charge is 0.472 e. The number of rotatable bonds is 64. The maximum atomic E-state index is 13.3. The van der Waals surface area contributed by atoms with E-state index in [9.17, 15) is 98.3 Å². The van der Waals surface area contributed by atoms with E-state index < -0.39 is 183 Å². The maximum Gasteiger partial charge on any atom is 0.472 e. The van der Waals surface area contributed by atoms with Crippen molar-refractivity contribution in [1.82, 2.24) is 25.3 Å². The van der Waals surface area contributed by atoms with Crippen molar-refractivity contribution in [3.05, 3.63) is 0 Å². The van der Waals surface area contributed by atoms with Crippen molar-refractivity contribution in [2.75, 3.05) is 214 Å². The first-order valence-corrected chi connectivity index (χ1v) is 54.8. The molecule has 0 aromatic rings. The molecule has 852 valence electrons. The second-order valence-corrected chi connectivity index (χ2v) is 36.9. The predicted octanol–water partition coefficient (Wildman–Crippen LogP) is 3.04. The number of hydrogen-bond donors (Lipinski definition) is 17. The molecular formula is C90H182N5O43P3S2. The van der Waals surface area contributed by atoms with E-state index in [4.69, 9.17) is 102 Å². The van der Waals surface area contributed by atoms with E-state index in [0.29, 0.717) is 112 Å². The summed E-state index contributed by atoms with van der Waals surface area (Å²) in [6.45, 7) is 17.8. The maximum absolute atomic E-state index is 13.3. The molecule has 19 unspecified atom stereocenters. The van der Waals surface area contributed by atoms with Crippen molar-refractivity contribution in [1.29, 1.82) is 4.29 Å². The topological polar surface area (TPSA) is 658 Å². The number of amides is 5. The quantitative estimate of drug-likeness (QED) is 0.0307. The number of carbonyl (C=O) groups excluding carboxylic acids is 5. The Hall–Kier alpha value is -2.92. The summed E-state index contributed by atoms with van der Waals surface area (Å²) in [7, 11) is -7.03. The Kier molecular flexibility index (Phi) is 80.1. The Morgan fingerprint density at radius 3 is 1.01 bits per heavy atom. The second kappa shape index (κ2) is 86.5. The summed E-state index contributed by atoms with van der Waals surface area (Å²) in [5, 5.41) is 106. The first-order chi connectivity index (χ1) is 71.3. The molecule has 0 saturated carbocycles. The zero-order chi connectivity index (χ0) is 113. The van der Waals surface area contributed by atoms with Crippen LogP contribution < -0.4 is 10.6 Å². The first-order valence-electron chi connectivity index (χ1n) is 52.3. The number of aliphatic hydroxyl groups excluding tert-OH is 12. The number of nitrogens with one attached hydrogen (secondary N) is 2. The van der Waals surface area contributed by atoms with Gasteiger partial charge in [-0.2, -0.15) is 0 Å². The molecule has 0 aromatic carbocycles. The molecule has 6 saturated heterocycles. The van der Waals surface area contributed by atoms with Crippen LogP contribution >= 0.6 is 23.5 Å². The van der Waals surface area contributed by atoms with Gasteiger partial charge in [0.15, 0.2) is 18.9 Å². The number of phosphoric acid groups is 3. The van der Waals surface area contributed by atoms with Gasteiger partial charge in [-0.1, -0.05) is 75.6 Å². The number of unbranched alkanes of at least 4 members (excludes halogenated alkanes) is 4. The van der Waals surface area contributed by atoms with Crippen molar-refractivity contribution in [2.45, 2.75) is 333 Å². The average Bonchev–Trinajstić information content (AvgIpc) is 0.813. The van der Waals surface area contributed by atoms with Crippen LogP contribution in [-0.2, 0) is 154 Å². The number of ether oxygens (including phenoxy) is 14. The zero-order valence-corrected chi connectivity index (χ0v) is 90.8. The Labute approximate surface area is 865 Å². The average molecular weight is 2190 g/mol. The molecular weight excluding hydrogens is 2000 g/mol. The Bertz CT molecular complexity index is 3400. The van der Waals surface area contributed by atoms with Crippen LogP contribution in [-0.4, -0.2) is 453 Å². The molecule has 6 rings (SSSR count). The van der Waals surface area contributed by atoms with E-state index in [1.54, 1.807) is 28.7 Å². The minimum Gasteiger partial charge on any atom is -0.400 e. The van der Waals surface area contributed by atoms with Gasteiger partial charge in [0.25, 0.3) is 0 Å². The summed E-state index contributed by atoms with van der Waals surface area (Å²) >= 11 is 7.33. The number of carbonyl (C=O) groups is 5. The monoisotopic (exact) mass is 2190 g/mol. The third-order valence-electron chi connectivity index (χ3n) is 21.9. The number of aliphatic hydroxyl groups is 12. The highest BCUT2D eigenvalue weighted by Gasteiger charge is 2.49. The van der Waals surface area contributed by atoms with Gasteiger partial charge in [0, 0.05) is 193 Å². The van der Waals surface area contributed by atoms with Crippen LogP contribution in [0.4, 0.5) is 0 Å². The van der Waals surface area contributed by atoms with Crippen molar-refractivity contribution < 1.29 is 211 Å². The second-order valence-electron chi connectivity index (χ2n) is 32.6. The lowest BCUT2D eigenvalue weighted by atomic mass is 9.92. The van der Waals surface area contributed by atoms with E-state index in [0.717, 1.165) is 12.8 Å². The van der Waals surface area contributed by atoms with Crippen molar-refractivity contribution in [2.24, 2.45) is 5.92 Å². The highest BCUT2D eigenvalue weighted by molar-refractivity contribution is 8.07. The van der Waals surface area contributed by atoms with Crippen molar-refractivity contribution in [3.63, 3.8) is 0 Å². The van der Waals surface area contributed by atoms with Gasteiger partial charge in [-0.25, -0.2) is 13.7 Å². The van der Waals surface area contributed by atoms with E-state index in [1.807, 2.05) is 41.5 Å². The lowest BCUT2D eigenvalue weighted by Crippen LogP contribution is -2.64. The van der Waals surface area contributed by atoms with Crippen molar-refractivity contribution >= 4 is 75.4 Å². The summed E-state index contributed by atoms with van der Waals surface area (Å²) in [5.74, 6) is -2.00. The van der Waals surface area contributed by atoms with Crippen LogP contribution in [0.25, 0.3) is 0 Å². The molecule has 19 atom stereocenters. The number of likely N-dealkylation sites (tertiary alicyclic amines) is 3. The highest BCUT2D eigenvalue weighted by Crippen LogP contribution is 2.49. The fourth-order valence-electron chi connectivity index (χ4n) is 14.9. The van der Waals surface area contributed by atoms with Crippen molar-refractivity contribution in [3.8, 4) is 0 Å². The minimum atomic E-state index is -4.72. The lowest BCUT2D eigenvalue weighted by Gasteiger charge is -2.42. The van der Waals surface area contributed by atoms with E-state index >= 15 is 0 Å². The zero-order valence-electron chi connectivity index (χ0n) is 92.5. The fraction of sp³-hybridized carbons (Fsp3) is 0.944. The SMILES string of the molecule is CC.CC.CC.COCC(COCCCOP(=O)(O)OC1CCN(C(=O)CCCCOC2OC(CO)C(O)C(O)C2C)CC1)(COCCCOP(=O)(O)OC1CCN(C(=O)CCCCOC2OC(CO)C(O)C(O)C2NC(C)=O)CC1)OCCOP(=O)(O)OC1CCN(C(=O)CCCCOC2OC(CO)C(O)C(O)C2NC(C)=O)CC1.S=S.[2H]CCCCOC(COC)(COCCC[2H])COCCC[2H].[3H]OC.[3H]OC.[3H]OC. The summed E-state index contributed by atoms with van der Waals surface area (Å²) in [5.41, 5.74) is -2.09. The van der Waals surface area contributed by atoms with Crippen LogP contribution in [0.3, 0.4) is 0 Å². The molecule has 0 aliphatic carbocycles. The molecule has 0 radical (unpaired) electrons. The number of nitrogens with zero attached hydrogens (tertiary/aromatic N) is 3. The first kappa shape index (κ1) is 132. The van der Waals surface area contributed by atoms with Crippen LogP contribution in [0.15, 0.2) is 0 Å². The van der Waals surface area contributed by atoms with E-state index in [1.165, 1.54) is 42.3 Å². The molecule has 0 bridgehead atoms. The Morgan fingerprint density at radius 2 is 0.699 bits per heavy atom. The Morgan fingerprint density at radius 1 is 0.406 bits per heavy atom. The van der Waals surface area contributed by atoms with Gasteiger partial charge in [-0.05, 0) is 109 Å². The molecule has 17 N–H and O–H groups in total. The third-order valence-corrected chi connectivity index (χ3v) is 25.1. The van der Waals surface area contributed by atoms with Gasteiger partial charge in [-0.3, -0.25) is 51.1 Å². The third kappa shape index (κ3) is 59.8. The number of methoxy groups -OCH3 is 2. The molecule has 6 fully saturated rings. The fourth-order valence-corrected chi connectivity index (χ4v) is 17.8. The van der Waals surface area contributed by atoms with Crippen LogP contribution in [0.2, 0.25) is 0 Å². The molecule has 0 aromatic heterocycles. The predicted molar refractivity (Wildman–Crippen MR) is 529 cm³/mol. The normalized spacial score (nSPS) is 25.3. The molecule has 0 spiro atoms. The molecule has 6 aliphatic rings. The van der Waals surface area contributed by atoms with Crippen LogP contribution in [0.5, 0.6) is 0 Å². The molecule has 53 heteroatoms. The summed E-state index contributed by atoms with van der Waals surface area (Å²) in [6.07, 6.45) is -9.21. The van der Waals surface area contributed by atoms with Crippen LogP contribution in [0, 0.1) is 5.92 Å². The smallest absolute Gasteiger partial charge is 0.400 e. The summed E-state index contributed by atoms with van der Waals surface area (Å²) in [4.78, 5) is 99.6. The highest BCUT2D eigenvalue weighted by atomic mass is 32.8. The van der Waals surface area contributed by atoms with E-state index in [-0.39, 0.29) is 200 Å². The minimum absolute atomic E-state index is 0.0603. The van der Waals surface area contributed by atoms with Gasteiger partial charge >= 0.3 is 23.5 Å².